The van der Waals surface area contributed by atoms with Crippen molar-refractivity contribution >= 4 is 0 Å². The van der Waals surface area contributed by atoms with Crippen LogP contribution in [-0.4, -0.2) is 11.9 Å². The van der Waals surface area contributed by atoms with Crippen molar-refractivity contribution in [1.29, 1.82) is 0 Å². The van der Waals surface area contributed by atoms with Crippen LogP contribution in [0.1, 0.15) is 67.4 Å². The molecule has 2 atom stereocenters. The van der Waals surface area contributed by atoms with Gasteiger partial charge in [0.25, 0.3) is 0 Å². The van der Waals surface area contributed by atoms with E-state index in [4.69, 9.17) is 0 Å². The van der Waals surface area contributed by atoms with Crippen LogP contribution >= 0.6 is 0 Å². The Morgan fingerprint density at radius 2 is 1.34 bits per heavy atom. The van der Waals surface area contributed by atoms with Gasteiger partial charge in [0.05, 0.1) is 11.1 Å². The number of nitrogens with zero attached hydrogens (tertiary/aromatic N) is 1. The van der Waals surface area contributed by atoms with E-state index in [2.05, 4.69) is 0 Å². The molecule has 0 aromatic heterocycles. The maximum atomic E-state index is 13.3. The van der Waals surface area contributed by atoms with Crippen LogP contribution in [0.2, 0.25) is 0 Å². The fourth-order valence-electron chi connectivity index (χ4n) is 3.41. The number of alkyl halides is 6. The molecule has 2 aromatic carbocycles. The lowest BCUT2D eigenvalue weighted by Crippen LogP contribution is -2.28. The van der Waals surface area contributed by atoms with Crippen molar-refractivity contribution in [2.24, 2.45) is 0 Å². The van der Waals surface area contributed by atoms with Crippen LogP contribution in [0.3, 0.4) is 0 Å². The highest BCUT2D eigenvalue weighted by Gasteiger charge is 2.38. The molecule has 7 heteroatoms. The van der Waals surface area contributed by atoms with Crippen molar-refractivity contribution in [2.75, 3.05) is 7.05 Å². The van der Waals surface area contributed by atoms with E-state index in [1.165, 1.54) is 0 Å². The summed E-state index contributed by atoms with van der Waals surface area (Å²) in [6.07, 6.45) is -7.77. The van der Waals surface area contributed by atoms with Crippen LogP contribution in [0.25, 0.3) is 0 Å². The molecule has 2 rings (SSSR count). The molecule has 0 N–H and O–H groups in total. The number of benzene rings is 2. The zero-order chi connectivity index (χ0) is 21.8. The Hall–Kier alpha value is -2.02. The zero-order valence-electron chi connectivity index (χ0n) is 16.6. The fraction of sp³-hybridized carbons (Fsp3) is 0.455. The lowest BCUT2D eigenvalue weighted by molar-refractivity contribution is -0.143. The second-order valence-electron chi connectivity index (χ2n) is 7.25. The van der Waals surface area contributed by atoms with E-state index in [9.17, 15) is 26.3 Å². The minimum absolute atomic E-state index is 0.0332. The Morgan fingerprint density at radius 1 is 0.828 bits per heavy atom. The van der Waals surface area contributed by atoms with Gasteiger partial charge in [-0.3, -0.25) is 4.90 Å². The zero-order valence-corrected chi connectivity index (χ0v) is 16.6. The molecule has 0 heterocycles. The molecule has 160 valence electrons. The third-order valence-corrected chi connectivity index (χ3v) is 5.21. The van der Waals surface area contributed by atoms with Gasteiger partial charge in [-0.1, -0.05) is 50.1 Å². The third kappa shape index (κ3) is 5.98. The maximum Gasteiger partial charge on any atom is 0.416 e. The highest BCUT2D eigenvalue weighted by Crippen LogP contribution is 2.40. The number of rotatable bonds is 7. The first-order chi connectivity index (χ1) is 13.4. The second kappa shape index (κ2) is 9.20. The van der Waals surface area contributed by atoms with Crippen molar-refractivity contribution in [3.8, 4) is 0 Å². The van der Waals surface area contributed by atoms with E-state index in [-0.39, 0.29) is 17.7 Å². The molecule has 1 unspecified atom stereocenters. The molecule has 1 nitrogen and oxygen atoms in total. The molecule has 0 bridgehead atoms. The molecule has 2 aromatic rings. The summed E-state index contributed by atoms with van der Waals surface area (Å²) >= 11 is 0. The number of hydrogen-bond donors (Lipinski definition) is 0. The predicted molar refractivity (Wildman–Crippen MR) is 101 cm³/mol. The maximum absolute atomic E-state index is 13.3. The van der Waals surface area contributed by atoms with Crippen LogP contribution < -0.4 is 0 Å². The molecular weight excluding hydrogens is 392 g/mol. The molecule has 0 radical (unpaired) electrons. The highest BCUT2D eigenvalue weighted by atomic mass is 19.4. The van der Waals surface area contributed by atoms with Gasteiger partial charge < -0.3 is 0 Å². The van der Waals surface area contributed by atoms with E-state index in [1.807, 2.05) is 49.1 Å². The van der Waals surface area contributed by atoms with Crippen molar-refractivity contribution in [2.45, 2.75) is 57.5 Å². The minimum atomic E-state index is -4.85. The SMILES string of the molecule is CCCCC(c1cc(C(F)(F)F)cc(C(F)(F)F)c1)N(C)[C@H](C)c1ccccc1. The van der Waals surface area contributed by atoms with E-state index >= 15 is 0 Å². The van der Waals surface area contributed by atoms with Gasteiger partial charge in [-0.25, -0.2) is 0 Å². The fourth-order valence-corrected chi connectivity index (χ4v) is 3.41. The number of hydrogen-bond acceptors (Lipinski definition) is 1. The van der Waals surface area contributed by atoms with Gasteiger partial charge in [0.2, 0.25) is 0 Å². The average molecular weight is 417 g/mol. The normalized spacial score (nSPS) is 14.8. The Bertz CT molecular complexity index is 750. The number of halogens is 6. The van der Waals surface area contributed by atoms with Gasteiger partial charge in [0.1, 0.15) is 0 Å². The Balaban J connectivity index is 2.53. The largest absolute Gasteiger partial charge is 0.416 e. The van der Waals surface area contributed by atoms with Crippen LogP contribution in [0.5, 0.6) is 0 Å². The van der Waals surface area contributed by atoms with Crippen molar-refractivity contribution in [3.63, 3.8) is 0 Å². The van der Waals surface area contributed by atoms with E-state index < -0.39 is 29.5 Å². The molecule has 0 saturated carbocycles. The van der Waals surface area contributed by atoms with Crippen molar-refractivity contribution < 1.29 is 26.3 Å². The smallest absolute Gasteiger partial charge is 0.293 e. The highest BCUT2D eigenvalue weighted by molar-refractivity contribution is 5.35. The minimum Gasteiger partial charge on any atom is -0.293 e. The Labute approximate surface area is 167 Å². The lowest BCUT2D eigenvalue weighted by Gasteiger charge is -2.34. The third-order valence-electron chi connectivity index (χ3n) is 5.21. The summed E-state index contributed by atoms with van der Waals surface area (Å²) in [5, 5.41) is 0. The van der Waals surface area contributed by atoms with Gasteiger partial charge in [-0.2, -0.15) is 26.3 Å². The Kier molecular flexibility index (Phi) is 7.38. The topological polar surface area (TPSA) is 3.24 Å². The second-order valence-corrected chi connectivity index (χ2v) is 7.25. The number of unbranched alkanes of at least 4 members (excludes halogenated alkanes) is 1. The summed E-state index contributed by atoms with van der Waals surface area (Å²) in [7, 11) is 1.74. The van der Waals surface area contributed by atoms with E-state index in [0.29, 0.717) is 12.8 Å². The quantitative estimate of drug-likeness (QED) is 0.418. The monoisotopic (exact) mass is 417 g/mol. The molecule has 0 saturated heterocycles. The summed E-state index contributed by atoms with van der Waals surface area (Å²) in [5.41, 5.74) is -1.57. The lowest BCUT2D eigenvalue weighted by atomic mass is 9.93. The molecular formula is C22H25F6N. The van der Waals surface area contributed by atoms with E-state index in [0.717, 1.165) is 24.1 Å². The average Bonchev–Trinajstić information content (AvgIpc) is 2.66. The predicted octanol–water partition coefficient (Wildman–Crippen LogP) is 7.65. The molecule has 29 heavy (non-hydrogen) atoms. The van der Waals surface area contributed by atoms with Crippen LogP contribution in [0.15, 0.2) is 48.5 Å². The van der Waals surface area contributed by atoms with Gasteiger partial charge in [-0.15, -0.1) is 0 Å². The van der Waals surface area contributed by atoms with Crippen LogP contribution in [-0.2, 0) is 12.4 Å². The van der Waals surface area contributed by atoms with Crippen LogP contribution in [0, 0.1) is 0 Å². The molecule has 0 spiro atoms. The van der Waals surface area contributed by atoms with Gasteiger partial charge in [0.15, 0.2) is 0 Å². The molecule has 0 aliphatic carbocycles. The summed E-state index contributed by atoms with van der Waals surface area (Å²) in [6, 6.07) is 10.5. The van der Waals surface area contributed by atoms with Gasteiger partial charge in [0, 0.05) is 12.1 Å². The first kappa shape index (κ1) is 23.3. The van der Waals surface area contributed by atoms with Gasteiger partial charge >= 0.3 is 12.4 Å². The van der Waals surface area contributed by atoms with E-state index in [1.54, 1.807) is 7.05 Å². The molecule has 0 amide bonds. The van der Waals surface area contributed by atoms with Crippen molar-refractivity contribution in [1.82, 2.24) is 4.90 Å². The summed E-state index contributed by atoms with van der Waals surface area (Å²) < 4.78 is 79.8. The van der Waals surface area contributed by atoms with Gasteiger partial charge in [-0.05, 0) is 49.7 Å². The van der Waals surface area contributed by atoms with Crippen LogP contribution in [0.4, 0.5) is 26.3 Å². The molecule has 0 aliphatic rings. The first-order valence-electron chi connectivity index (χ1n) is 9.51. The standard InChI is InChI=1S/C22H25F6N/c1-4-5-11-20(29(3)15(2)16-9-7-6-8-10-16)17-12-18(21(23,24)25)14-19(13-17)22(26,27)28/h6-10,12-15,20H,4-5,11H2,1-3H3/t15-,20?/m1/s1. The summed E-state index contributed by atoms with van der Waals surface area (Å²) in [5.74, 6) is 0. The molecule has 0 aliphatic heterocycles. The first-order valence-corrected chi connectivity index (χ1v) is 9.51. The van der Waals surface area contributed by atoms with Crippen molar-refractivity contribution in [3.05, 3.63) is 70.8 Å². The summed E-state index contributed by atoms with van der Waals surface area (Å²) in [6.45, 7) is 3.83. The Morgan fingerprint density at radius 3 is 1.79 bits per heavy atom. The summed E-state index contributed by atoms with van der Waals surface area (Å²) in [4.78, 5) is 1.85. The molecule has 0 fully saturated rings.